The fourth-order valence-corrected chi connectivity index (χ4v) is 6.01. The van der Waals surface area contributed by atoms with Crippen LogP contribution in [0.25, 0.3) is 0 Å². The van der Waals surface area contributed by atoms with Gasteiger partial charge in [-0.2, -0.15) is 0 Å². The molecule has 2 fully saturated rings. The summed E-state index contributed by atoms with van der Waals surface area (Å²) in [7, 11) is 0. The molecule has 0 aromatic heterocycles. The highest BCUT2D eigenvalue weighted by Gasteiger charge is 2.43. The Bertz CT molecular complexity index is 866. The third-order valence-electron chi connectivity index (χ3n) is 6.44. The Morgan fingerprint density at radius 3 is 2.35 bits per heavy atom. The van der Waals surface area contributed by atoms with Crippen molar-refractivity contribution in [2.24, 2.45) is 0 Å². The van der Waals surface area contributed by atoms with Crippen LogP contribution in [0, 0.1) is 0 Å². The molecule has 1 aliphatic heterocycles. The van der Waals surface area contributed by atoms with Gasteiger partial charge >= 0.3 is 0 Å². The van der Waals surface area contributed by atoms with Gasteiger partial charge in [0, 0.05) is 15.2 Å². The Kier molecular flexibility index (Phi) is 7.63. The van der Waals surface area contributed by atoms with E-state index in [2.05, 4.69) is 24.3 Å². The molecule has 6 heteroatoms. The molecule has 5 atom stereocenters. The third kappa shape index (κ3) is 5.29. The molecule has 1 aliphatic carbocycles. The minimum Gasteiger partial charge on any atom is -0.388 e. The number of hydrogen-bond donors (Lipinski definition) is 3. The monoisotopic (exact) mass is 462 g/mol. The fourth-order valence-electron chi connectivity index (χ4n) is 4.58. The van der Waals surface area contributed by atoms with E-state index in [0.717, 1.165) is 16.4 Å². The predicted molar refractivity (Wildman–Crippen MR) is 125 cm³/mol. The second kappa shape index (κ2) is 10.2. The van der Waals surface area contributed by atoms with Crippen molar-refractivity contribution in [2.75, 3.05) is 0 Å². The maximum absolute atomic E-state index is 10.5. The van der Waals surface area contributed by atoms with E-state index in [-0.39, 0.29) is 0 Å². The quantitative estimate of drug-likeness (QED) is 0.569. The van der Waals surface area contributed by atoms with E-state index in [9.17, 15) is 15.3 Å². The topological polar surface area (TPSA) is 69.9 Å². The zero-order valence-electron chi connectivity index (χ0n) is 17.8. The lowest BCUT2D eigenvalue weighted by Crippen LogP contribution is -2.53. The van der Waals surface area contributed by atoms with Gasteiger partial charge in [-0.15, -0.1) is 11.8 Å². The van der Waals surface area contributed by atoms with Crippen molar-refractivity contribution < 1.29 is 20.1 Å². The van der Waals surface area contributed by atoms with Gasteiger partial charge in [-0.1, -0.05) is 55.6 Å². The molecule has 4 nitrogen and oxygen atoms in total. The second-order valence-corrected chi connectivity index (χ2v) is 10.5. The van der Waals surface area contributed by atoms with Crippen LogP contribution in [0.2, 0.25) is 5.02 Å². The standard InChI is InChI=1S/C25H31ClO4S/c1-2-21-22(27)23(28)24(29)25(30-21)16-9-12-20(26)17(14-16)13-15-7-10-19(11-8-15)31-18-5-3-4-6-18/h7-12,14,18,21-25,27-29H,2-6,13H2,1H3/t21-,22-,23+,24-,25+/m1/s1. The van der Waals surface area contributed by atoms with E-state index in [1.54, 1.807) is 0 Å². The van der Waals surface area contributed by atoms with Crippen molar-refractivity contribution in [3.05, 3.63) is 64.2 Å². The lowest BCUT2D eigenvalue weighted by Gasteiger charge is -2.40. The number of hydrogen-bond acceptors (Lipinski definition) is 5. The third-order valence-corrected chi connectivity index (χ3v) is 8.15. The highest BCUT2D eigenvalue weighted by atomic mass is 35.5. The number of thioether (sulfide) groups is 1. The van der Waals surface area contributed by atoms with Crippen LogP contribution in [0.15, 0.2) is 47.4 Å². The summed E-state index contributed by atoms with van der Waals surface area (Å²) >= 11 is 8.46. The molecule has 0 amide bonds. The van der Waals surface area contributed by atoms with Gasteiger partial charge in [-0.25, -0.2) is 0 Å². The summed E-state index contributed by atoms with van der Waals surface area (Å²) in [6.07, 6.45) is 1.78. The summed E-state index contributed by atoms with van der Waals surface area (Å²) < 4.78 is 5.93. The van der Waals surface area contributed by atoms with E-state index < -0.39 is 30.5 Å². The lowest BCUT2D eigenvalue weighted by molar-refractivity contribution is -0.225. The van der Waals surface area contributed by atoms with Crippen LogP contribution >= 0.6 is 23.4 Å². The first kappa shape index (κ1) is 23.1. The normalized spacial score (nSPS) is 29.4. The Balaban J connectivity index is 1.49. The molecule has 0 spiro atoms. The molecule has 1 saturated carbocycles. The molecule has 2 aliphatic rings. The molecular weight excluding hydrogens is 432 g/mol. The molecule has 3 N–H and O–H groups in total. The summed E-state index contributed by atoms with van der Waals surface area (Å²) in [6, 6.07) is 14.2. The van der Waals surface area contributed by atoms with Gasteiger partial charge in [0.2, 0.25) is 0 Å². The maximum Gasteiger partial charge on any atom is 0.113 e. The number of ether oxygens (including phenoxy) is 1. The molecule has 0 radical (unpaired) electrons. The van der Waals surface area contributed by atoms with E-state index in [1.165, 1.54) is 36.1 Å². The molecule has 168 valence electrons. The van der Waals surface area contributed by atoms with Gasteiger partial charge in [0.15, 0.2) is 0 Å². The average molecular weight is 463 g/mol. The van der Waals surface area contributed by atoms with E-state index in [4.69, 9.17) is 16.3 Å². The smallest absolute Gasteiger partial charge is 0.113 e. The number of benzene rings is 2. The molecule has 1 saturated heterocycles. The average Bonchev–Trinajstić information content (AvgIpc) is 3.28. The molecule has 2 aromatic carbocycles. The lowest BCUT2D eigenvalue weighted by atomic mass is 9.89. The van der Waals surface area contributed by atoms with Crippen LogP contribution < -0.4 is 0 Å². The predicted octanol–water partition coefficient (Wildman–Crippen LogP) is 4.90. The van der Waals surface area contributed by atoms with Crippen molar-refractivity contribution in [1.82, 2.24) is 0 Å². The van der Waals surface area contributed by atoms with E-state index in [1.807, 2.05) is 36.9 Å². The molecule has 1 heterocycles. The SMILES string of the molecule is CC[C@H]1O[C@@H](c2ccc(Cl)c(Cc3ccc(SC4CCCC4)cc3)c2)[C@H](O)[C@@H](O)[C@@H]1O. The Labute approximate surface area is 193 Å². The Morgan fingerprint density at radius 1 is 0.968 bits per heavy atom. The van der Waals surface area contributed by atoms with Crippen LogP contribution in [0.4, 0.5) is 0 Å². The number of halogens is 1. The highest BCUT2D eigenvalue weighted by molar-refractivity contribution is 8.00. The first-order valence-corrected chi connectivity index (χ1v) is 12.5. The van der Waals surface area contributed by atoms with Crippen LogP contribution in [0.3, 0.4) is 0 Å². The van der Waals surface area contributed by atoms with Crippen molar-refractivity contribution >= 4 is 23.4 Å². The van der Waals surface area contributed by atoms with Gasteiger partial charge < -0.3 is 20.1 Å². The maximum atomic E-state index is 10.5. The minimum absolute atomic E-state index is 0.521. The van der Waals surface area contributed by atoms with Gasteiger partial charge in [0.05, 0.1) is 6.10 Å². The zero-order chi connectivity index (χ0) is 22.0. The summed E-state index contributed by atoms with van der Waals surface area (Å²) in [4.78, 5) is 1.31. The molecule has 4 rings (SSSR count). The second-order valence-electron chi connectivity index (χ2n) is 8.67. The van der Waals surface area contributed by atoms with Gasteiger partial charge in [-0.05, 0) is 60.6 Å². The van der Waals surface area contributed by atoms with Crippen LogP contribution in [0.5, 0.6) is 0 Å². The first-order chi connectivity index (χ1) is 15.0. The van der Waals surface area contributed by atoms with E-state index >= 15 is 0 Å². The highest BCUT2D eigenvalue weighted by Crippen LogP contribution is 2.36. The Hall–Kier alpha value is -1.08. The van der Waals surface area contributed by atoms with E-state index in [0.29, 0.717) is 17.9 Å². The van der Waals surface area contributed by atoms with Gasteiger partial charge in [0.1, 0.15) is 24.4 Å². The van der Waals surface area contributed by atoms with Crippen molar-refractivity contribution in [2.45, 2.75) is 86.1 Å². The number of aliphatic hydroxyl groups excluding tert-OH is 3. The van der Waals surface area contributed by atoms with Crippen molar-refractivity contribution in [1.29, 1.82) is 0 Å². The summed E-state index contributed by atoms with van der Waals surface area (Å²) in [5.41, 5.74) is 2.87. The first-order valence-electron chi connectivity index (χ1n) is 11.2. The summed E-state index contributed by atoms with van der Waals surface area (Å²) in [6.45, 7) is 1.89. The molecular formula is C25H31ClO4S. The fraction of sp³-hybridized carbons (Fsp3) is 0.520. The van der Waals surface area contributed by atoms with Crippen LogP contribution in [-0.4, -0.2) is 45.0 Å². The molecule has 31 heavy (non-hydrogen) atoms. The van der Waals surface area contributed by atoms with Crippen molar-refractivity contribution in [3.63, 3.8) is 0 Å². The summed E-state index contributed by atoms with van der Waals surface area (Å²) in [5.74, 6) is 0. The van der Waals surface area contributed by atoms with Crippen molar-refractivity contribution in [3.8, 4) is 0 Å². The van der Waals surface area contributed by atoms with Gasteiger partial charge in [-0.3, -0.25) is 0 Å². The largest absolute Gasteiger partial charge is 0.388 e. The van der Waals surface area contributed by atoms with Crippen LogP contribution in [0.1, 0.15) is 61.8 Å². The molecule has 0 unspecified atom stereocenters. The van der Waals surface area contributed by atoms with Crippen LogP contribution in [-0.2, 0) is 11.2 Å². The Morgan fingerprint density at radius 2 is 1.68 bits per heavy atom. The van der Waals surface area contributed by atoms with Gasteiger partial charge in [0.25, 0.3) is 0 Å². The summed E-state index contributed by atoms with van der Waals surface area (Å²) in [5, 5.41) is 32.3. The molecule has 0 bridgehead atoms. The zero-order valence-corrected chi connectivity index (χ0v) is 19.4. The minimum atomic E-state index is -1.24. The number of rotatable bonds is 6. The number of aliphatic hydroxyl groups is 3. The molecule has 2 aromatic rings.